The molecule has 3 heterocycles. The number of benzene rings is 5. The van der Waals surface area contributed by atoms with Crippen LogP contribution in [0.3, 0.4) is 0 Å². The van der Waals surface area contributed by atoms with Gasteiger partial charge >= 0.3 is 27.3 Å². The Morgan fingerprint density at radius 1 is 0.743 bits per heavy atom. The predicted octanol–water partition coefficient (Wildman–Crippen LogP) is 10.8. The number of nitrogens with two attached hydrogens (primary N) is 1. The number of nitrogen functional groups attached to an aromatic ring is 1. The van der Waals surface area contributed by atoms with Crippen molar-refractivity contribution in [1.82, 2.24) is 30.8 Å². The van der Waals surface area contributed by atoms with Gasteiger partial charge in [0.2, 0.25) is 11.8 Å². The Kier molecular flexibility index (Phi) is 32.7. The Morgan fingerprint density at radius 2 is 1.40 bits per heavy atom. The molecule has 105 heavy (non-hydrogen) atoms. The van der Waals surface area contributed by atoms with E-state index in [-0.39, 0.29) is 109 Å². The van der Waals surface area contributed by atoms with E-state index >= 15 is 0 Å². The maximum atomic E-state index is 13.5. The standard InChI is InChI=1S/C72H89BIN9O19P2S/c74-52-17-16-18-53(39-52)81-71(105)79-34-13-7-9-15-36-98-104(95,96)100-46-73-42-51-38-65(102-62(51)45-99-103(93,94)97-35-14-8-3-1-2-4-10-19-63(86)80-43-47-20-22-48(23-21-47)67(75)76)83-44-50(69(89)82-72(83)92)25-31-64(87)77-32-11-5-6-12-33-78-68(88)49-24-28-56(70(90)91)59(37-49)66-57-29-26-54(84)40-60(57)101-61-41-55(85)27-30-58(61)66/h16-18,20-31,37,39-41,44,51,62,65,73,84H,1-15,19,32-36,38,42-43,45-46H2,(H3,75,76)(H,77,87)(H,78,88)(H,80,86)(H,90,91)(H,93,94)(H,95,96)(H2,79,81,105)(H,82,89,92)/b31-25+. The highest BCUT2D eigenvalue weighted by Gasteiger charge is 2.39. The minimum absolute atomic E-state index is 0.0133. The van der Waals surface area contributed by atoms with E-state index in [1.54, 1.807) is 18.2 Å². The number of amidine groups is 1. The fourth-order valence-corrected chi connectivity index (χ4v) is 14.2. The normalized spacial score (nSPS) is 15.4. The second kappa shape index (κ2) is 41.6. The van der Waals surface area contributed by atoms with Crippen molar-refractivity contribution in [2.75, 3.05) is 51.3 Å². The lowest BCUT2D eigenvalue weighted by Crippen LogP contribution is -2.33. The van der Waals surface area contributed by atoms with Crippen LogP contribution in [0.4, 0.5) is 5.69 Å². The summed E-state index contributed by atoms with van der Waals surface area (Å²) in [5.74, 6) is -2.71. The number of ether oxygens (including phenoxy) is 1. The van der Waals surface area contributed by atoms with Crippen LogP contribution in [-0.4, -0.2) is 124 Å². The second-order valence-corrected chi connectivity index (χ2v) is 29.9. The summed E-state index contributed by atoms with van der Waals surface area (Å²) >= 11 is 7.61. The number of aromatic hydroxyl groups is 1. The number of halogens is 1. The number of nitrogens with zero attached hydrogens (tertiary/aromatic N) is 1. The third-order valence-corrected chi connectivity index (χ3v) is 20.3. The lowest BCUT2D eigenvalue weighted by atomic mass is 9.69. The molecule has 3 amide bonds. The molecule has 13 N–H and O–H groups in total. The first-order valence-corrected chi connectivity index (χ1v) is 39.4. The summed E-state index contributed by atoms with van der Waals surface area (Å²) in [7, 11) is -8.86. The number of phosphoric ester groups is 2. The number of carboxylic acids is 1. The van der Waals surface area contributed by atoms with Crippen LogP contribution < -0.4 is 49.0 Å². The molecule has 5 atom stereocenters. The number of aromatic carboxylic acids is 1. The van der Waals surface area contributed by atoms with Gasteiger partial charge in [-0.2, -0.15) is 0 Å². The van der Waals surface area contributed by atoms with Gasteiger partial charge in [0.25, 0.3) is 11.5 Å². The number of phenols is 1. The summed E-state index contributed by atoms with van der Waals surface area (Å²) in [5.41, 5.74) is 7.23. The van der Waals surface area contributed by atoms with E-state index in [0.29, 0.717) is 91.6 Å². The summed E-state index contributed by atoms with van der Waals surface area (Å²) in [5, 5.41) is 43.8. The van der Waals surface area contributed by atoms with E-state index < -0.39 is 69.5 Å². The summed E-state index contributed by atoms with van der Waals surface area (Å²) in [6.07, 6.45) is 13.3. The fourth-order valence-electron chi connectivity index (χ4n) is 11.9. The Labute approximate surface area is 626 Å². The van der Waals surface area contributed by atoms with Gasteiger partial charge in [0.05, 0.1) is 37.1 Å². The summed E-state index contributed by atoms with van der Waals surface area (Å²) in [6, 6.07) is 27.6. The largest absolute Gasteiger partial charge is 0.508 e. The third-order valence-electron chi connectivity index (χ3n) is 17.4. The summed E-state index contributed by atoms with van der Waals surface area (Å²) in [4.78, 5) is 114. The molecule has 2 aliphatic heterocycles. The molecule has 0 bridgehead atoms. The quantitative estimate of drug-likeness (QED) is 0.00194. The number of aromatic amines is 1. The number of phosphoric acid groups is 2. The zero-order chi connectivity index (χ0) is 75.3. The number of hydrogen-bond donors (Lipinski definition) is 12. The molecule has 3 aliphatic rings. The molecule has 562 valence electrons. The van der Waals surface area contributed by atoms with Crippen molar-refractivity contribution in [3.63, 3.8) is 0 Å². The van der Waals surface area contributed by atoms with E-state index in [1.807, 2.05) is 36.4 Å². The van der Waals surface area contributed by atoms with Gasteiger partial charge in [-0.25, -0.2) is 18.7 Å². The molecule has 1 aliphatic carbocycles. The number of aromatic nitrogens is 2. The number of rotatable bonds is 44. The zero-order valence-corrected chi connectivity index (χ0v) is 62.8. The summed E-state index contributed by atoms with van der Waals surface area (Å²) < 4.78 is 61.8. The highest BCUT2D eigenvalue weighted by atomic mass is 127. The van der Waals surface area contributed by atoms with Crippen LogP contribution in [0.1, 0.15) is 153 Å². The van der Waals surface area contributed by atoms with Crippen LogP contribution in [0.15, 0.2) is 134 Å². The highest BCUT2D eigenvalue weighted by Crippen LogP contribution is 2.47. The monoisotopic (exact) mass is 1620 g/mol. The number of carbonyl (C=O) groups excluding carboxylic acids is 3. The number of anilines is 1. The van der Waals surface area contributed by atoms with Crippen molar-refractivity contribution in [1.29, 1.82) is 5.41 Å². The molecule has 0 saturated carbocycles. The molecule has 8 rings (SSSR count). The van der Waals surface area contributed by atoms with Crippen molar-refractivity contribution in [2.45, 2.75) is 134 Å². The van der Waals surface area contributed by atoms with E-state index in [9.17, 15) is 62.7 Å². The molecule has 0 spiro atoms. The molecule has 4 aromatic carbocycles. The van der Waals surface area contributed by atoms with Gasteiger partial charge in [-0.1, -0.05) is 94.4 Å². The van der Waals surface area contributed by atoms with Crippen molar-refractivity contribution in [3.05, 3.63) is 178 Å². The number of amides is 3. The van der Waals surface area contributed by atoms with Crippen molar-refractivity contribution >= 4 is 115 Å². The van der Waals surface area contributed by atoms with E-state index in [0.717, 1.165) is 76.8 Å². The van der Waals surface area contributed by atoms with Crippen LogP contribution in [0.5, 0.6) is 5.75 Å². The molecule has 5 unspecified atom stereocenters. The minimum Gasteiger partial charge on any atom is -0.508 e. The van der Waals surface area contributed by atoms with Gasteiger partial charge in [-0.05, 0) is 164 Å². The third kappa shape index (κ3) is 27.3. The molecule has 5 aromatic rings. The van der Waals surface area contributed by atoms with E-state index in [1.165, 1.54) is 60.8 Å². The SMILES string of the molecule is N=C(N)c1ccc(CNC(=O)CCCCCCCCCOP(=O)(O)OCC2OC(n3cc(/C=C/C(=O)NCCCCCCNC(=O)c4ccc(C(=O)O)c(-c5c6ccc(=O)cc-6oc6cc(O)ccc56)c4)c(=O)[nH]c3=O)CC2CBCOP(=O)(O)OCCCCCCNC(=S)Nc2cccc(I)c2)cc1. The molecule has 1 aromatic heterocycles. The fraction of sp³-hybridized carbons (Fsp3) is 0.403. The zero-order valence-electron chi connectivity index (χ0n) is 58.0. The summed E-state index contributed by atoms with van der Waals surface area (Å²) in [6.45, 7) is 0.853. The minimum atomic E-state index is -4.62. The van der Waals surface area contributed by atoms with Crippen LogP contribution in [0.2, 0.25) is 6.32 Å². The van der Waals surface area contributed by atoms with Crippen LogP contribution in [0.25, 0.3) is 39.5 Å². The topological polar surface area (TPSA) is 425 Å². The number of H-pyrrole nitrogens is 1. The Balaban J connectivity index is 0.767. The number of fused-ring (bicyclic) bond motifs is 2. The number of nitrogens with one attached hydrogen (secondary N) is 7. The first-order chi connectivity index (χ1) is 50.4. The van der Waals surface area contributed by atoms with Crippen molar-refractivity contribution < 1.29 is 75.6 Å². The molecular formula is C72H89BIN9O19P2S. The second-order valence-electron chi connectivity index (χ2n) is 25.3. The molecule has 1 saturated heterocycles. The van der Waals surface area contributed by atoms with Gasteiger partial charge in [-0.3, -0.25) is 57.0 Å². The number of thiocarbonyl (C=S) groups is 1. The molecule has 1 fully saturated rings. The Morgan fingerprint density at radius 3 is 2.10 bits per heavy atom. The Bertz CT molecular complexity index is 4430. The lowest BCUT2D eigenvalue weighted by molar-refractivity contribution is -0.121. The molecule has 28 nitrogen and oxygen atoms in total. The number of carbonyl (C=O) groups is 4. The Hall–Kier alpha value is -8.20. The van der Waals surface area contributed by atoms with Crippen LogP contribution in [0, 0.1) is 14.9 Å². The lowest BCUT2D eigenvalue weighted by Gasteiger charge is -2.20. The molecular weight excluding hydrogens is 1530 g/mol. The number of unbranched alkanes of at least 4 members (excludes halogenated alkanes) is 12. The van der Waals surface area contributed by atoms with Crippen LogP contribution in [-0.2, 0) is 48.1 Å². The average Bonchev–Trinajstić information content (AvgIpc) is 1.23. The number of carboxylic acid groups (broad SMARTS) is 1. The smallest absolute Gasteiger partial charge is 0.472 e. The molecule has 33 heteroatoms. The maximum Gasteiger partial charge on any atom is 0.472 e. The average molecular weight is 1620 g/mol. The van der Waals surface area contributed by atoms with Gasteiger partial charge in [0.1, 0.15) is 29.2 Å². The van der Waals surface area contributed by atoms with Gasteiger partial charge < -0.3 is 61.5 Å². The van der Waals surface area contributed by atoms with Crippen molar-refractivity contribution in [2.24, 2.45) is 11.7 Å². The highest BCUT2D eigenvalue weighted by molar-refractivity contribution is 14.1. The molecule has 0 radical (unpaired) electrons. The van der Waals surface area contributed by atoms with Gasteiger partial charge in [0.15, 0.2) is 17.8 Å². The van der Waals surface area contributed by atoms with E-state index in [4.69, 9.17) is 50.6 Å². The van der Waals surface area contributed by atoms with Gasteiger partial charge in [0, 0.05) is 100 Å². The number of hydrogen-bond acceptors (Lipinski definition) is 18. The number of phenolic OH excluding ortho intramolecular Hbond substituents is 1. The van der Waals surface area contributed by atoms with Crippen molar-refractivity contribution in [3.8, 4) is 28.2 Å². The predicted molar refractivity (Wildman–Crippen MR) is 413 cm³/mol. The van der Waals surface area contributed by atoms with Crippen LogP contribution >= 0.6 is 50.5 Å². The maximum absolute atomic E-state index is 13.5. The first-order valence-electron chi connectivity index (χ1n) is 35.0. The van der Waals surface area contributed by atoms with E-state index in [2.05, 4.69) is 54.2 Å². The first kappa shape index (κ1) is 82.5. The van der Waals surface area contributed by atoms with Gasteiger partial charge in [-0.15, -0.1) is 0 Å².